The van der Waals surface area contributed by atoms with Crippen LogP contribution in [0, 0.1) is 0 Å². The van der Waals surface area contributed by atoms with E-state index in [1.807, 2.05) is 0 Å². The van der Waals surface area contributed by atoms with E-state index in [0.29, 0.717) is 0 Å². The lowest BCUT2D eigenvalue weighted by molar-refractivity contribution is 0.205. The Morgan fingerprint density at radius 3 is 2.50 bits per heavy atom. The van der Waals surface area contributed by atoms with E-state index in [-0.39, 0.29) is 1.43 Å². The molecule has 1 saturated heterocycles. The molecule has 1 aromatic rings. The van der Waals surface area contributed by atoms with Crippen LogP contribution in [0.5, 0.6) is 5.75 Å². The Balaban J connectivity index is 0.00000180. The number of ether oxygens (including phenoxy) is 1. The summed E-state index contributed by atoms with van der Waals surface area (Å²) in [5.74, 6) is 1.01. The van der Waals surface area contributed by atoms with Crippen molar-refractivity contribution in [3.05, 3.63) is 29.8 Å². The van der Waals surface area contributed by atoms with Crippen LogP contribution >= 0.6 is 0 Å². The summed E-state index contributed by atoms with van der Waals surface area (Å²) in [4.78, 5) is 2.56. The molecule has 0 radical (unpaired) electrons. The van der Waals surface area contributed by atoms with E-state index in [1.54, 1.807) is 0 Å². The smallest absolute Gasteiger partial charge is 0.494 e. The fourth-order valence-corrected chi connectivity index (χ4v) is 2.48. The maximum absolute atomic E-state index is 5.77. The van der Waals surface area contributed by atoms with Crippen molar-refractivity contribution in [1.29, 1.82) is 0 Å². The molecule has 1 heterocycles. The molecule has 0 saturated carbocycles. The molecule has 0 aliphatic carbocycles. The quantitative estimate of drug-likeness (QED) is 0.713. The molecule has 1 aliphatic heterocycles. The number of hydrogen-bond acceptors (Lipinski definition) is 2. The van der Waals surface area contributed by atoms with Gasteiger partial charge < -0.3 is 9.64 Å². The summed E-state index contributed by atoms with van der Waals surface area (Å²) >= 11 is 0. The topological polar surface area (TPSA) is 12.5 Å². The van der Waals surface area contributed by atoms with Gasteiger partial charge in [0.15, 0.2) is 0 Å². The Hall–Kier alpha value is -1.02. The van der Waals surface area contributed by atoms with Crippen LogP contribution in [0.4, 0.5) is 0 Å². The van der Waals surface area contributed by atoms with Crippen molar-refractivity contribution in [2.75, 3.05) is 26.2 Å². The molecule has 2 heteroatoms. The van der Waals surface area contributed by atoms with Crippen LogP contribution in [0.1, 0.15) is 39.6 Å². The number of aryl methyl sites for hydroxylation is 1. The van der Waals surface area contributed by atoms with Gasteiger partial charge in [-0.25, -0.2) is 0 Å². The van der Waals surface area contributed by atoms with Crippen molar-refractivity contribution >= 4 is 0 Å². The summed E-state index contributed by atoms with van der Waals surface area (Å²) in [5, 5.41) is 0. The first-order valence-corrected chi connectivity index (χ1v) is 7.32. The van der Waals surface area contributed by atoms with Gasteiger partial charge in [0.25, 0.3) is 0 Å². The molecular formula is C16H26NO+. The van der Waals surface area contributed by atoms with E-state index < -0.39 is 0 Å². The lowest BCUT2D eigenvalue weighted by Crippen LogP contribution is -2.31. The predicted molar refractivity (Wildman–Crippen MR) is 77.3 cm³/mol. The fourth-order valence-electron chi connectivity index (χ4n) is 2.48. The largest absolute Gasteiger partial charge is 1.00 e. The monoisotopic (exact) mass is 248 g/mol. The first kappa shape index (κ1) is 13.4. The van der Waals surface area contributed by atoms with E-state index in [9.17, 15) is 0 Å². The molecule has 1 aromatic carbocycles. The molecule has 2 rings (SSSR count). The van der Waals surface area contributed by atoms with Crippen LogP contribution in [-0.4, -0.2) is 31.1 Å². The summed E-state index contributed by atoms with van der Waals surface area (Å²) in [6, 6.07) is 8.47. The third kappa shape index (κ3) is 4.34. The molecule has 1 fully saturated rings. The molecule has 0 aromatic heterocycles. The van der Waals surface area contributed by atoms with Crippen molar-refractivity contribution in [2.24, 2.45) is 0 Å². The van der Waals surface area contributed by atoms with Gasteiger partial charge in [-0.1, -0.05) is 25.5 Å². The lowest BCUT2D eigenvalue weighted by Gasteiger charge is -2.26. The third-order valence-electron chi connectivity index (χ3n) is 3.67. The fraction of sp³-hybridized carbons (Fsp3) is 0.625. The normalized spacial score (nSPS) is 16.7. The Morgan fingerprint density at radius 1 is 1.11 bits per heavy atom. The highest BCUT2D eigenvalue weighted by Crippen LogP contribution is 2.13. The Bertz CT molecular complexity index is 333. The second-order valence-electron chi connectivity index (χ2n) is 5.10. The Labute approximate surface area is 112 Å². The summed E-state index contributed by atoms with van der Waals surface area (Å²) in [5.41, 5.74) is 1.37. The van der Waals surface area contributed by atoms with Crippen LogP contribution in [0.2, 0.25) is 0 Å². The van der Waals surface area contributed by atoms with Gasteiger partial charge in [0, 0.05) is 6.54 Å². The standard InChI is InChI=1S/C16H25NO/c1-2-15-7-9-16(10-8-15)18-14-6-13-17-11-4-3-5-12-17/h7-10H,2-6,11-14H2,1H3/p+1. The van der Waals surface area contributed by atoms with Gasteiger partial charge in [0.05, 0.1) is 6.61 Å². The van der Waals surface area contributed by atoms with E-state index >= 15 is 0 Å². The minimum atomic E-state index is 0. The minimum absolute atomic E-state index is 0. The van der Waals surface area contributed by atoms with Crippen molar-refractivity contribution in [1.82, 2.24) is 4.90 Å². The molecule has 0 bridgehead atoms. The number of rotatable bonds is 6. The highest BCUT2D eigenvalue weighted by molar-refractivity contribution is 5.27. The summed E-state index contributed by atoms with van der Waals surface area (Å²) in [7, 11) is 0. The minimum Gasteiger partial charge on any atom is -0.494 e. The molecule has 0 unspecified atom stereocenters. The maximum Gasteiger partial charge on any atom is 1.00 e. The van der Waals surface area contributed by atoms with Gasteiger partial charge in [-0.15, -0.1) is 0 Å². The van der Waals surface area contributed by atoms with Gasteiger partial charge >= 0.3 is 1.43 Å². The zero-order chi connectivity index (χ0) is 12.6. The first-order valence-electron chi connectivity index (χ1n) is 7.32. The highest BCUT2D eigenvalue weighted by atomic mass is 16.5. The molecule has 2 nitrogen and oxygen atoms in total. The highest BCUT2D eigenvalue weighted by Gasteiger charge is 2.08. The van der Waals surface area contributed by atoms with Crippen LogP contribution in [0.3, 0.4) is 0 Å². The molecular weight excluding hydrogens is 222 g/mol. The van der Waals surface area contributed by atoms with Crippen molar-refractivity contribution in [3.8, 4) is 5.75 Å². The van der Waals surface area contributed by atoms with E-state index in [0.717, 1.165) is 25.2 Å². The van der Waals surface area contributed by atoms with Crippen LogP contribution < -0.4 is 4.74 Å². The second-order valence-corrected chi connectivity index (χ2v) is 5.10. The summed E-state index contributed by atoms with van der Waals surface area (Å²) in [6.07, 6.45) is 6.39. The number of hydrogen-bond donors (Lipinski definition) is 0. The molecule has 1 aliphatic rings. The number of benzene rings is 1. The van der Waals surface area contributed by atoms with Gasteiger partial charge in [0.2, 0.25) is 0 Å². The molecule has 100 valence electrons. The van der Waals surface area contributed by atoms with Gasteiger partial charge in [-0.3, -0.25) is 0 Å². The molecule has 0 spiro atoms. The lowest BCUT2D eigenvalue weighted by atomic mass is 10.1. The summed E-state index contributed by atoms with van der Waals surface area (Å²) < 4.78 is 5.77. The van der Waals surface area contributed by atoms with Crippen molar-refractivity contribution in [2.45, 2.75) is 39.0 Å². The van der Waals surface area contributed by atoms with Gasteiger partial charge in [-0.2, -0.15) is 0 Å². The van der Waals surface area contributed by atoms with Crippen LogP contribution in [0.25, 0.3) is 0 Å². The SMILES string of the molecule is CCc1ccc(OCCCN2CCCCC2)cc1.[H+]. The van der Waals surface area contributed by atoms with Crippen molar-refractivity contribution in [3.63, 3.8) is 0 Å². The average Bonchev–Trinajstić information content (AvgIpc) is 2.45. The summed E-state index contributed by atoms with van der Waals surface area (Å²) in [6.45, 7) is 6.76. The molecule has 0 N–H and O–H groups in total. The molecule has 0 atom stereocenters. The predicted octanol–water partition coefficient (Wildman–Crippen LogP) is 3.62. The molecule has 18 heavy (non-hydrogen) atoms. The van der Waals surface area contributed by atoms with E-state index in [2.05, 4.69) is 36.1 Å². The Morgan fingerprint density at radius 2 is 1.83 bits per heavy atom. The maximum atomic E-state index is 5.77. The van der Waals surface area contributed by atoms with Crippen LogP contribution in [0.15, 0.2) is 24.3 Å². The molecule has 0 amide bonds. The zero-order valence-corrected chi connectivity index (χ0v) is 11.5. The number of likely N-dealkylation sites (tertiary alicyclic amines) is 1. The first-order chi connectivity index (χ1) is 8.88. The van der Waals surface area contributed by atoms with Gasteiger partial charge in [0.1, 0.15) is 5.75 Å². The third-order valence-corrected chi connectivity index (χ3v) is 3.67. The second kappa shape index (κ2) is 7.42. The van der Waals surface area contributed by atoms with Crippen LogP contribution in [-0.2, 0) is 6.42 Å². The Kier molecular flexibility index (Phi) is 5.53. The van der Waals surface area contributed by atoms with E-state index in [4.69, 9.17) is 4.74 Å². The van der Waals surface area contributed by atoms with Gasteiger partial charge in [-0.05, 0) is 56.5 Å². The number of nitrogens with zero attached hydrogens (tertiary/aromatic N) is 1. The number of piperidine rings is 1. The van der Waals surface area contributed by atoms with Crippen molar-refractivity contribution < 1.29 is 6.16 Å². The zero-order valence-electron chi connectivity index (χ0n) is 12.5. The van der Waals surface area contributed by atoms with E-state index in [1.165, 1.54) is 44.5 Å². The average molecular weight is 248 g/mol.